The molecule has 3 N–H and O–H groups in total. The van der Waals surface area contributed by atoms with E-state index in [0.717, 1.165) is 5.56 Å². The third-order valence-corrected chi connectivity index (χ3v) is 3.48. The summed E-state index contributed by atoms with van der Waals surface area (Å²) in [6.45, 7) is 0.217. The molecule has 0 aliphatic rings. The van der Waals surface area contributed by atoms with Crippen molar-refractivity contribution in [1.29, 1.82) is 0 Å². The Balaban J connectivity index is 2.15. The van der Waals surface area contributed by atoms with E-state index in [9.17, 15) is 4.79 Å². The first kappa shape index (κ1) is 14.6. The summed E-state index contributed by atoms with van der Waals surface area (Å²) in [4.78, 5) is 21.0. The van der Waals surface area contributed by atoms with Crippen LogP contribution in [0, 0.1) is 0 Å². The molecule has 0 unspecified atom stereocenters. The summed E-state index contributed by atoms with van der Waals surface area (Å²) in [5.74, 6) is 0.359. The molecular weight excluding hydrogens is 306 g/mol. The zero-order chi connectivity index (χ0) is 15.7. The van der Waals surface area contributed by atoms with Crippen molar-refractivity contribution in [3.63, 3.8) is 0 Å². The van der Waals surface area contributed by atoms with Crippen molar-refractivity contribution in [1.82, 2.24) is 19.6 Å². The second kappa shape index (κ2) is 5.78. The Kier molecular flexibility index (Phi) is 3.82. The number of hydrogen-bond donors (Lipinski definition) is 2. The van der Waals surface area contributed by atoms with Crippen LogP contribution in [0.25, 0.3) is 5.78 Å². The number of nitrogens with one attached hydrogen (secondary N) is 1. The molecule has 0 saturated heterocycles. The van der Waals surface area contributed by atoms with Gasteiger partial charge in [-0.15, -0.1) is 0 Å². The summed E-state index contributed by atoms with van der Waals surface area (Å²) in [6, 6.07) is 7.34. The Morgan fingerprint density at radius 2 is 2.23 bits per heavy atom. The minimum Gasteiger partial charge on any atom is -0.378 e. The lowest BCUT2D eigenvalue weighted by atomic mass is 10.0. The summed E-state index contributed by atoms with van der Waals surface area (Å²) in [5.41, 5.74) is 7.31. The van der Waals surface area contributed by atoms with Gasteiger partial charge in [0.1, 0.15) is 0 Å². The van der Waals surface area contributed by atoms with Gasteiger partial charge in [-0.05, 0) is 17.7 Å². The van der Waals surface area contributed by atoms with E-state index in [1.807, 2.05) is 18.2 Å². The lowest BCUT2D eigenvalue weighted by molar-refractivity contribution is 0.180. The van der Waals surface area contributed by atoms with Gasteiger partial charge in [0.2, 0.25) is 5.95 Å². The molecule has 7 nitrogen and oxygen atoms in total. The number of fused-ring (bicyclic) bond motifs is 1. The average molecular weight is 320 g/mol. The first-order chi connectivity index (χ1) is 10.6. The van der Waals surface area contributed by atoms with Crippen molar-refractivity contribution < 1.29 is 4.74 Å². The highest BCUT2D eigenvalue weighted by atomic mass is 35.5. The third-order valence-electron chi connectivity index (χ3n) is 3.24. The van der Waals surface area contributed by atoms with E-state index in [-0.39, 0.29) is 23.9 Å². The number of halogens is 1. The lowest BCUT2D eigenvalue weighted by Gasteiger charge is -2.08. The number of nitrogen functional groups attached to an aromatic ring is 1. The zero-order valence-electron chi connectivity index (χ0n) is 11.8. The van der Waals surface area contributed by atoms with Crippen LogP contribution in [0.2, 0.25) is 5.02 Å². The average Bonchev–Trinajstić information content (AvgIpc) is 2.84. The highest BCUT2D eigenvalue weighted by Crippen LogP contribution is 2.15. The molecule has 0 fully saturated rings. The molecule has 8 heteroatoms. The molecule has 22 heavy (non-hydrogen) atoms. The first-order valence-corrected chi connectivity index (χ1v) is 6.95. The largest absolute Gasteiger partial charge is 0.378 e. The van der Waals surface area contributed by atoms with Gasteiger partial charge in [0.05, 0.1) is 12.3 Å². The number of benzene rings is 1. The molecule has 0 atom stereocenters. The number of rotatable bonds is 4. The quantitative estimate of drug-likeness (QED) is 0.757. The molecule has 0 aliphatic carbocycles. The van der Waals surface area contributed by atoms with Crippen molar-refractivity contribution in [3.05, 3.63) is 56.5 Å². The minimum absolute atomic E-state index is 0.132. The van der Waals surface area contributed by atoms with Crippen molar-refractivity contribution in [2.75, 3.05) is 12.8 Å². The van der Waals surface area contributed by atoms with Crippen LogP contribution in [-0.2, 0) is 17.8 Å². The second-order valence-electron chi connectivity index (χ2n) is 4.83. The Labute approximate surface area is 130 Å². The van der Waals surface area contributed by atoms with E-state index in [1.54, 1.807) is 13.2 Å². The molecule has 3 aromatic rings. The van der Waals surface area contributed by atoms with Crippen LogP contribution < -0.4 is 11.3 Å². The van der Waals surface area contributed by atoms with E-state index in [0.29, 0.717) is 22.7 Å². The lowest BCUT2D eigenvalue weighted by Crippen LogP contribution is -2.23. The Morgan fingerprint density at radius 1 is 1.41 bits per heavy atom. The molecule has 1 aromatic carbocycles. The van der Waals surface area contributed by atoms with Gasteiger partial charge in [0.25, 0.3) is 11.3 Å². The molecule has 0 amide bonds. The highest BCUT2D eigenvalue weighted by molar-refractivity contribution is 6.30. The molecule has 0 radical (unpaired) electrons. The molecule has 3 rings (SSSR count). The standard InChI is InChI=1S/C14H14ClN5O2/c1-22-7-11-10(6-8-3-2-4-9(15)5-8)12(21)20-14(17-11)18-13(16)19-20/h2-5H,6-7H2,1H3,(H3,16,17,18,19). The maximum Gasteiger partial charge on any atom is 0.277 e. The molecule has 2 heterocycles. The molecule has 0 saturated carbocycles. The van der Waals surface area contributed by atoms with Crippen molar-refractivity contribution in [2.45, 2.75) is 13.0 Å². The zero-order valence-corrected chi connectivity index (χ0v) is 12.6. The maximum absolute atomic E-state index is 12.6. The summed E-state index contributed by atoms with van der Waals surface area (Å²) in [6.07, 6.45) is 0.396. The number of methoxy groups -OCH3 is 1. The normalized spacial score (nSPS) is 11.2. The van der Waals surface area contributed by atoms with Crippen LogP contribution in [-0.4, -0.2) is 26.7 Å². The number of nitrogens with zero attached hydrogens (tertiary/aromatic N) is 3. The summed E-state index contributed by atoms with van der Waals surface area (Å²) in [5, 5.41) is 3.29. The van der Waals surface area contributed by atoms with Gasteiger partial charge >= 0.3 is 0 Å². The minimum atomic E-state index is -0.249. The predicted octanol–water partition coefficient (Wildman–Crippen LogP) is 1.39. The number of hydrogen-bond acceptors (Lipinski definition) is 5. The van der Waals surface area contributed by atoms with E-state index in [2.05, 4.69) is 15.1 Å². The molecule has 0 spiro atoms. The molecule has 2 aromatic heterocycles. The molecule has 0 bridgehead atoms. The third kappa shape index (κ3) is 2.68. The summed E-state index contributed by atoms with van der Waals surface area (Å²) >= 11 is 5.99. The van der Waals surface area contributed by atoms with E-state index >= 15 is 0 Å². The van der Waals surface area contributed by atoms with Gasteiger partial charge < -0.3 is 10.5 Å². The van der Waals surface area contributed by atoms with Crippen molar-refractivity contribution >= 4 is 23.3 Å². The van der Waals surface area contributed by atoms with Crippen LogP contribution >= 0.6 is 11.6 Å². The van der Waals surface area contributed by atoms with Crippen molar-refractivity contribution in [3.8, 4) is 0 Å². The van der Waals surface area contributed by atoms with Gasteiger partial charge in [-0.1, -0.05) is 23.7 Å². The SMILES string of the molecule is COCc1nc2nc(N)[nH]n2c(=O)c1Cc1cccc(Cl)c1. The van der Waals surface area contributed by atoms with E-state index in [4.69, 9.17) is 22.1 Å². The number of anilines is 1. The monoisotopic (exact) mass is 319 g/mol. The summed E-state index contributed by atoms with van der Waals surface area (Å²) < 4.78 is 6.37. The van der Waals surface area contributed by atoms with Crippen LogP contribution in [0.4, 0.5) is 5.95 Å². The highest BCUT2D eigenvalue weighted by Gasteiger charge is 2.15. The number of aromatic nitrogens is 4. The number of ether oxygens (including phenoxy) is 1. The van der Waals surface area contributed by atoms with Crippen LogP contribution in [0.3, 0.4) is 0 Å². The number of nitrogens with two attached hydrogens (primary N) is 1. The Bertz CT molecular complexity index is 887. The topological polar surface area (TPSA) is 98.3 Å². The summed E-state index contributed by atoms with van der Waals surface area (Å²) in [7, 11) is 1.55. The van der Waals surface area contributed by atoms with Gasteiger partial charge in [0.15, 0.2) is 0 Å². The fourth-order valence-corrected chi connectivity index (χ4v) is 2.51. The van der Waals surface area contributed by atoms with Gasteiger partial charge in [-0.3, -0.25) is 9.89 Å². The second-order valence-corrected chi connectivity index (χ2v) is 5.26. The van der Waals surface area contributed by atoms with Gasteiger partial charge in [0, 0.05) is 24.1 Å². The van der Waals surface area contributed by atoms with Crippen LogP contribution in [0.1, 0.15) is 16.8 Å². The fourth-order valence-electron chi connectivity index (χ4n) is 2.30. The molecular formula is C14H14ClN5O2. The van der Waals surface area contributed by atoms with Crippen LogP contribution in [0.5, 0.6) is 0 Å². The number of H-pyrrole nitrogens is 1. The Hall–Kier alpha value is -2.38. The molecule has 0 aliphatic heterocycles. The Morgan fingerprint density at radius 3 is 2.95 bits per heavy atom. The molecule has 114 valence electrons. The van der Waals surface area contributed by atoms with Gasteiger partial charge in [-0.2, -0.15) is 9.50 Å². The van der Waals surface area contributed by atoms with Gasteiger partial charge in [-0.25, -0.2) is 4.98 Å². The maximum atomic E-state index is 12.6. The van der Waals surface area contributed by atoms with E-state index < -0.39 is 0 Å². The van der Waals surface area contributed by atoms with Crippen LogP contribution in [0.15, 0.2) is 29.1 Å². The number of aromatic amines is 1. The smallest absolute Gasteiger partial charge is 0.277 e. The fraction of sp³-hybridized carbons (Fsp3) is 0.214. The van der Waals surface area contributed by atoms with E-state index in [1.165, 1.54) is 4.52 Å². The first-order valence-electron chi connectivity index (χ1n) is 6.58. The predicted molar refractivity (Wildman–Crippen MR) is 83.0 cm³/mol. The van der Waals surface area contributed by atoms with Crippen molar-refractivity contribution in [2.24, 2.45) is 0 Å².